The van der Waals surface area contributed by atoms with Crippen LogP contribution in [0.25, 0.3) is 0 Å². The van der Waals surface area contributed by atoms with Gasteiger partial charge >= 0.3 is 10.1 Å². The van der Waals surface area contributed by atoms with Crippen LogP contribution in [0.4, 0.5) is 0 Å². The summed E-state index contributed by atoms with van der Waals surface area (Å²) in [5.74, 6) is 0. The first kappa shape index (κ1) is 8.58. The van der Waals surface area contributed by atoms with Crippen molar-refractivity contribution < 1.29 is 17.8 Å². The van der Waals surface area contributed by atoms with Gasteiger partial charge in [-0.2, -0.15) is 8.42 Å². The monoisotopic (exact) mass is 151 g/mol. The highest BCUT2D eigenvalue weighted by atomic mass is 32.2. The van der Waals surface area contributed by atoms with E-state index in [-0.39, 0.29) is 6.42 Å². The Balaban J connectivity index is 4.08. The van der Waals surface area contributed by atoms with E-state index >= 15 is 0 Å². The minimum Gasteiger partial charge on any atom is -0.279 e. The largest absolute Gasteiger partial charge is 0.358 e. The van der Waals surface area contributed by atoms with Crippen molar-refractivity contribution in [3.05, 3.63) is 0 Å². The maximum Gasteiger partial charge on any atom is 0.358 e. The molecule has 0 unspecified atom stereocenters. The fraction of sp³-hybridized carbons (Fsp3) is 0.750. The lowest BCUT2D eigenvalue weighted by Crippen LogP contribution is -2.10. The zero-order valence-corrected chi connectivity index (χ0v) is 5.77. The fourth-order valence-electron chi connectivity index (χ4n) is 0.329. The quantitative estimate of drug-likeness (QED) is 0.560. The summed E-state index contributed by atoms with van der Waals surface area (Å²) in [6.45, 7) is 1.63. The van der Waals surface area contributed by atoms with Crippen LogP contribution in [0.5, 0.6) is 0 Å². The van der Waals surface area contributed by atoms with Gasteiger partial charge in [0, 0.05) is 6.42 Å². The third-order valence-electron chi connectivity index (χ3n) is 0.733. The smallest absolute Gasteiger partial charge is 0.279 e. The lowest BCUT2D eigenvalue weighted by Gasteiger charge is -1.87. The SMILES string of the molecule is CCCC(=O)S([O])(=O)=O. The molecule has 0 rings (SSSR count). The van der Waals surface area contributed by atoms with Gasteiger partial charge in [-0.05, 0) is 6.42 Å². The molecule has 0 saturated carbocycles. The Kier molecular flexibility index (Phi) is 2.80. The van der Waals surface area contributed by atoms with E-state index < -0.39 is 15.2 Å². The summed E-state index contributed by atoms with van der Waals surface area (Å²) >= 11 is 0. The first-order chi connectivity index (χ1) is 3.98. The molecule has 0 atom stereocenters. The summed E-state index contributed by atoms with van der Waals surface area (Å²) in [5.41, 5.74) is 0. The summed E-state index contributed by atoms with van der Waals surface area (Å²) in [7, 11) is -4.65. The summed E-state index contributed by atoms with van der Waals surface area (Å²) in [4.78, 5) is 10.2. The number of carbonyl (C=O) groups is 1. The molecule has 0 aromatic carbocycles. The van der Waals surface area contributed by atoms with E-state index in [0.717, 1.165) is 0 Å². The first-order valence-corrected chi connectivity index (χ1v) is 3.88. The van der Waals surface area contributed by atoms with Crippen molar-refractivity contribution in [1.82, 2.24) is 0 Å². The van der Waals surface area contributed by atoms with Crippen molar-refractivity contribution in [2.45, 2.75) is 19.8 Å². The molecule has 0 spiro atoms. The Morgan fingerprint density at radius 2 is 1.89 bits per heavy atom. The molecular formula is C4H7O4S. The standard InChI is InChI=1S/C4H7O4S/c1-2-3-4(5)9(6,7)8/h2-3H2,1H3. The minimum absolute atomic E-state index is 0.175. The zero-order valence-electron chi connectivity index (χ0n) is 4.96. The van der Waals surface area contributed by atoms with Gasteiger partial charge in [-0.15, -0.1) is 0 Å². The maximum absolute atomic E-state index is 10.2. The Morgan fingerprint density at radius 3 is 2.00 bits per heavy atom. The van der Waals surface area contributed by atoms with E-state index in [1.165, 1.54) is 0 Å². The van der Waals surface area contributed by atoms with E-state index in [1.54, 1.807) is 6.92 Å². The van der Waals surface area contributed by atoms with Crippen molar-refractivity contribution in [2.24, 2.45) is 0 Å². The second kappa shape index (κ2) is 2.93. The van der Waals surface area contributed by atoms with Gasteiger partial charge in [-0.1, -0.05) is 11.5 Å². The summed E-state index contributed by atoms with van der Waals surface area (Å²) in [6, 6.07) is 0. The van der Waals surface area contributed by atoms with Crippen LogP contribution in [0.1, 0.15) is 19.8 Å². The Bertz CT molecular complexity index is 191. The van der Waals surface area contributed by atoms with Crippen molar-refractivity contribution in [2.75, 3.05) is 0 Å². The Labute approximate surface area is 53.6 Å². The van der Waals surface area contributed by atoms with E-state index in [4.69, 9.17) is 0 Å². The molecule has 0 aromatic rings. The lowest BCUT2D eigenvalue weighted by atomic mass is 10.4. The molecule has 0 amide bonds. The van der Waals surface area contributed by atoms with Gasteiger partial charge in [-0.3, -0.25) is 4.79 Å². The zero-order chi connectivity index (χ0) is 7.49. The molecule has 9 heavy (non-hydrogen) atoms. The van der Waals surface area contributed by atoms with Gasteiger partial charge in [0.15, 0.2) is 0 Å². The summed E-state index contributed by atoms with van der Waals surface area (Å²) in [6.07, 6.45) is 0.214. The molecule has 0 bridgehead atoms. The molecule has 0 N–H and O–H groups in total. The van der Waals surface area contributed by atoms with Gasteiger partial charge in [0.1, 0.15) is 0 Å². The van der Waals surface area contributed by atoms with E-state index in [9.17, 15) is 17.8 Å². The predicted molar refractivity (Wildman–Crippen MR) is 29.5 cm³/mol. The average Bonchev–Trinajstić information content (AvgIpc) is 1.64. The number of rotatable bonds is 2. The molecule has 1 radical (unpaired) electrons. The van der Waals surface area contributed by atoms with Crippen molar-refractivity contribution >= 4 is 15.2 Å². The summed E-state index contributed by atoms with van der Waals surface area (Å²) < 4.78 is 29.4. The highest BCUT2D eigenvalue weighted by molar-refractivity contribution is 8.00. The van der Waals surface area contributed by atoms with Gasteiger partial charge in [0.05, 0.1) is 0 Å². The van der Waals surface area contributed by atoms with Crippen molar-refractivity contribution in [3.63, 3.8) is 0 Å². The Morgan fingerprint density at radius 1 is 1.44 bits per heavy atom. The molecule has 0 aliphatic carbocycles. The minimum atomic E-state index is -4.65. The average molecular weight is 151 g/mol. The topological polar surface area (TPSA) is 71.1 Å². The van der Waals surface area contributed by atoms with Crippen LogP contribution in [-0.4, -0.2) is 13.5 Å². The molecule has 0 heterocycles. The fourth-order valence-corrected chi connectivity index (χ4v) is 0.783. The van der Waals surface area contributed by atoms with E-state index in [0.29, 0.717) is 6.42 Å². The highest BCUT2D eigenvalue weighted by Gasteiger charge is 2.17. The second-order valence-electron chi connectivity index (χ2n) is 1.58. The van der Waals surface area contributed by atoms with Crippen molar-refractivity contribution in [1.29, 1.82) is 0 Å². The third-order valence-corrected chi connectivity index (χ3v) is 1.49. The van der Waals surface area contributed by atoms with Crippen LogP contribution in [0.3, 0.4) is 0 Å². The molecule has 53 valence electrons. The van der Waals surface area contributed by atoms with Gasteiger partial charge < -0.3 is 0 Å². The second-order valence-corrected chi connectivity index (χ2v) is 2.94. The predicted octanol–water partition coefficient (Wildman–Crippen LogP) is 0.0734. The highest BCUT2D eigenvalue weighted by Crippen LogP contribution is 1.95. The molecule has 0 aromatic heterocycles. The van der Waals surface area contributed by atoms with Crippen LogP contribution in [0, 0.1) is 0 Å². The van der Waals surface area contributed by atoms with Crippen LogP contribution in [0.2, 0.25) is 0 Å². The number of hydrogen-bond acceptors (Lipinski definition) is 3. The maximum atomic E-state index is 10.2. The van der Waals surface area contributed by atoms with Crippen LogP contribution in [-0.2, 0) is 19.5 Å². The van der Waals surface area contributed by atoms with E-state index in [1.807, 2.05) is 0 Å². The normalized spacial score (nSPS) is 11.3. The molecule has 0 saturated heterocycles. The van der Waals surface area contributed by atoms with Gasteiger partial charge in [0.25, 0.3) is 5.12 Å². The van der Waals surface area contributed by atoms with Crippen LogP contribution >= 0.6 is 0 Å². The third kappa shape index (κ3) is 3.21. The molecule has 0 aliphatic rings. The number of carbonyl (C=O) groups excluding carboxylic acids is 1. The molecule has 5 heteroatoms. The van der Waals surface area contributed by atoms with E-state index in [2.05, 4.69) is 0 Å². The lowest BCUT2D eigenvalue weighted by molar-refractivity contribution is -0.112. The molecule has 0 aliphatic heterocycles. The van der Waals surface area contributed by atoms with Gasteiger partial charge in [0.2, 0.25) is 0 Å². The Hall–Kier alpha value is -0.420. The van der Waals surface area contributed by atoms with Crippen molar-refractivity contribution in [3.8, 4) is 0 Å². The first-order valence-electron chi connectivity index (χ1n) is 2.47. The summed E-state index contributed by atoms with van der Waals surface area (Å²) in [5, 5.41) is -1.22. The molecular weight excluding hydrogens is 144 g/mol. The molecule has 0 fully saturated rings. The molecule has 4 nitrogen and oxygen atoms in total. The van der Waals surface area contributed by atoms with Gasteiger partial charge in [-0.25, -0.2) is 0 Å². The number of hydrogen-bond donors (Lipinski definition) is 0. The van der Waals surface area contributed by atoms with Crippen LogP contribution in [0.15, 0.2) is 0 Å². The van der Waals surface area contributed by atoms with Crippen LogP contribution < -0.4 is 0 Å².